The number of H-pyrrole nitrogens is 1. The van der Waals surface area contributed by atoms with E-state index in [4.69, 9.17) is 11.6 Å². The van der Waals surface area contributed by atoms with Gasteiger partial charge < -0.3 is 10.6 Å². The number of aromatic nitrogens is 2. The highest BCUT2D eigenvalue weighted by atomic mass is 35.5. The highest BCUT2D eigenvalue weighted by Gasteiger charge is 2.17. The monoisotopic (exact) mass is 432 g/mol. The third-order valence-corrected chi connectivity index (χ3v) is 4.73. The predicted octanol–water partition coefficient (Wildman–Crippen LogP) is 4.65. The summed E-state index contributed by atoms with van der Waals surface area (Å²) in [6.07, 6.45) is 0. The average molecular weight is 433 g/mol. The van der Waals surface area contributed by atoms with E-state index in [2.05, 4.69) is 34.7 Å². The Hall–Kier alpha value is -3.26. The number of nitrogens with zero attached hydrogens (tertiary/aromatic N) is 1. The van der Waals surface area contributed by atoms with E-state index < -0.39 is 23.4 Å². The van der Waals surface area contributed by atoms with Gasteiger partial charge in [0.1, 0.15) is 5.69 Å². The number of nitrogens with one attached hydrogen (secondary N) is 3. The SMILES string of the molecule is CC(C)c1ccc(CNC(=O)c2cc(NC(=O)c3cc(F)c(F)cc3Cl)n[nH]2)cc1. The van der Waals surface area contributed by atoms with E-state index in [1.54, 1.807) is 0 Å². The Morgan fingerprint density at radius 1 is 1.07 bits per heavy atom. The zero-order chi connectivity index (χ0) is 21.8. The van der Waals surface area contributed by atoms with Crippen LogP contribution in [0.4, 0.5) is 14.6 Å². The summed E-state index contributed by atoms with van der Waals surface area (Å²) in [6, 6.07) is 10.6. The van der Waals surface area contributed by atoms with Gasteiger partial charge in [-0.3, -0.25) is 14.7 Å². The van der Waals surface area contributed by atoms with Crippen LogP contribution in [0.2, 0.25) is 5.02 Å². The van der Waals surface area contributed by atoms with Gasteiger partial charge in [-0.15, -0.1) is 0 Å². The molecule has 0 atom stereocenters. The number of carbonyl (C=O) groups excluding carboxylic acids is 2. The minimum atomic E-state index is -1.20. The molecule has 0 aliphatic heterocycles. The Balaban J connectivity index is 1.60. The van der Waals surface area contributed by atoms with Crippen LogP contribution in [-0.4, -0.2) is 22.0 Å². The minimum absolute atomic E-state index is 0.0345. The molecule has 156 valence electrons. The van der Waals surface area contributed by atoms with Crippen LogP contribution in [0, 0.1) is 11.6 Å². The fourth-order valence-corrected chi connectivity index (χ4v) is 2.92. The van der Waals surface area contributed by atoms with Crippen molar-refractivity contribution in [3.63, 3.8) is 0 Å². The summed E-state index contributed by atoms with van der Waals surface area (Å²) in [7, 11) is 0. The number of carbonyl (C=O) groups is 2. The van der Waals surface area contributed by atoms with Gasteiger partial charge in [0, 0.05) is 12.6 Å². The van der Waals surface area contributed by atoms with Crippen molar-refractivity contribution < 1.29 is 18.4 Å². The first-order valence-corrected chi connectivity index (χ1v) is 9.50. The van der Waals surface area contributed by atoms with Crippen LogP contribution in [0.3, 0.4) is 0 Å². The fourth-order valence-electron chi connectivity index (χ4n) is 2.68. The van der Waals surface area contributed by atoms with Crippen LogP contribution in [0.5, 0.6) is 0 Å². The first-order valence-electron chi connectivity index (χ1n) is 9.13. The molecule has 1 heterocycles. The van der Waals surface area contributed by atoms with Crippen LogP contribution in [-0.2, 0) is 6.54 Å². The summed E-state index contributed by atoms with van der Waals surface area (Å²) >= 11 is 5.78. The van der Waals surface area contributed by atoms with Crippen molar-refractivity contribution in [2.45, 2.75) is 26.3 Å². The van der Waals surface area contributed by atoms with Crippen LogP contribution in [0.1, 0.15) is 51.7 Å². The smallest absolute Gasteiger partial charge is 0.269 e. The maximum Gasteiger partial charge on any atom is 0.269 e. The summed E-state index contributed by atoms with van der Waals surface area (Å²) in [6.45, 7) is 4.53. The summed E-state index contributed by atoms with van der Waals surface area (Å²) in [4.78, 5) is 24.5. The molecule has 3 rings (SSSR count). The number of anilines is 1. The molecule has 6 nitrogen and oxygen atoms in total. The molecular formula is C21H19ClF2N4O2. The Kier molecular flexibility index (Phi) is 6.47. The molecule has 2 aromatic carbocycles. The van der Waals surface area contributed by atoms with Gasteiger partial charge in [-0.1, -0.05) is 49.7 Å². The molecule has 0 radical (unpaired) electrons. The Morgan fingerprint density at radius 3 is 2.40 bits per heavy atom. The van der Waals surface area contributed by atoms with E-state index in [-0.39, 0.29) is 22.1 Å². The summed E-state index contributed by atoms with van der Waals surface area (Å²) in [5, 5.41) is 11.2. The van der Waals surface area contributed by atoms with Gasteiger partial charge in [0.05, 0.1) is 10.6 Å². The largest absolute Gasteiger partial charge is 0.347 e. The zero-order valence-corrected chi connectivity index (χ0v) is 17.0. The minimum Gasteiger partial charge on any atom is -0.347 e. The van der Waals surface area contributed by atoms with E-state index in [1.165, 1.54) is 11.6 Å². The quantitative estimate of drug-likeness (QED) is 0.495. The highest BCUT2D eigenvalue weighted by Crippen LogP contribution is 2.21. The molecule has 0 saturated carbocycles. The van der Waals surface area contributed by atoms with Gasteiger partial charge >= 0.3 is 0 Å². The topological polar surface area (TPSA) is 86.9 Å². The molecule has 30 heavy (non-hydrogen) atoms. The third-order valence-electron chi connectivity index (χ3n) is 4.42. The maximum absolute atomic E-state index is 13.4. The van der Waals surface area contributed by atoms with Crippen LogP contribution in [0.15, 0.2) is 42.5 Å². The molecule has 0 saturated heterocycles. The van der Waals surface area contributed by atoms with Gasteiger partial charge in [0.25, 0.3) is 11.8 Å². The number of amides is 2. The van der Waals surface area contributed by atoms with Gasteiger partial charge in [-0.25, -0.2) is 8.78 Å². The standard InChI is InChI=1S/C21H19ClF2N4O2/c1-11(2)13-5-3-12(4-6-13)10-25-21(30)18-9-19(28-27-18)26-20(29)14-7-16(23)17(24)8-15(14)22/h3-9,11H,10H2,1-2H3,(H,25,30)(H2,26,27,28,29). The average Bonchev–Trinajstić information content (AvgIpc) is 3.17. The third kappa shape index (κ3) is 5.01. The number of benzene rings is 2. The molecule has 0 unspecified atom stereocenters. The van der Waals surface area contributed by atoms with E-state index >= 15 is 0 Å². The molecule has 1 aromatic heterocycles. The fraction of sp³-hybridized carbons (Fsp3) is 0.190. The van der Waals surface area contributed by atoms with Crippen molar-refractivity contribution in [2.75, 3.05) is 5.32 Å². The van der Waals surface area contributed by atoms with Crippen molar-refractivity contribution in [1.82, 2.24) is 15.5 Å². The van der Waals surface area contributed by atoms with Crippen LogP contribution < -0.4 is 10.6 Å². The van der Waals surface area contributed by atoms with Crippen molar-refractivity contribution in [2.24, 2.45) is 0 Å². The predicted molar refractivity (Wildman–Crippen MR) is 110 cm³/mol. The molecule has 3 N–H and O–H groups in total. The molecule has 0 aliphatic rings. The molecular weight excluding hydrogens is 414 g/mol. The summed E-state index contributed by atoms with van der Waals surface area (Å²) in [5.41, 5.74) is 2.02. The van der Waals surface area contributed by atoms with Crippen LogP contribution >= 0.6 is 11.6 Å². The normalized spacial score (nSPS) is 10.9. The number of hydrogen-bond donors (Lipinski definition) is 3. The van der Waals surface area contributed by atoms with Crippen molar-refractivity contribution >= 4 is 29.2 Å². The maximum atomic E-state index is 13.4. The number of aromatic amines is 1. The van der Waals surface area contributed by atoms with Gasteiger partial charge in [-0.05, 0) is 29.2 Å². The number of halogens is 3. The molecule has 0 fully saturated rings. The Morgan fingerprint density at radius 2 is 1.73 bits per heavy atom. The lowest BCUT2D eigenvalue weighted by Gasteiger charge is -2.07. The highest BCUT2D eigenvalue weighted by molar-refractivity contribution is 6.34. The van der Waals surface area contributed by atoms with E-state index in [1.807, 2.05) is 24.3 Å². The van der Waals surface area contributed by atoms with Crippen molar-refractivity contribution in [3.8, 4) is 0 Å². The van der Waals surface area contributed by atoms with Gasteiger partial charge in [0.15, 0.2) is 17.5 Å². The molecule has 2 amide bonds. The van der Waals surface area contributed by atoms with Crippen LogP contribution in [0.25, 0.3) is 0 Å². The first-order chi connectivity index (χ1) is 14.2. The number of hydrogen-bond acceptors (Lipinski definition) is 3. The second-order valence-electron chi connectivity index (χ2n) is 6.95. The van der Waals surface area contributed by atoms with E-state index in [0.29, 0.717) is 24.6 Å². The van der Waals surface area contributed by atoms with Crippen molar-refractivity contribution in [1.29, 1.82) is 0 Å². The van der Waals surface area contributed by atoms with Gasteiger partial charge in [0.2, 0.25) is 0 Å². The molecule has 0 aliphatic carbocycles. The second kappa shape index (κ2) is 9.04. The van der Waals surface area contributed by atoms with Gasteiger partial charge in [-0.2, -0.15) is 5.10 Å². The summed E-state index contributed by atoms with van der Waals surface area (Å²) in [5.74, 6) is -3.10. The van der Waals surface area contributed by atoms with Crippen molar-refractivity contribution in [3.05, 3.63) is 81.5 Å². The lowest BCUT2D eigenvalue weighted by Crippen LogP contribution is -2.23. The van der Waals surface area contributed by atoms with E-state index in [9.17, 15) is 18.4 Å². The molecule has 0 bridgehead atoms. The first kappa shape index (κ1) is 21.4. The summed E-state index contributed by atoms with van der Waals surface area (Å²) < 4.78 is 26.5. The Bertz CT molecular complexity index is 1080. The zero-order valence-electron chi connectivity index (χ0n) is 16.2. The molecule has 9 heteroatoms. The lowest BCUT2D eigenvalue weighted by molar-refractivity contribution is 0.0945. The molecule has 3 aromatic rings. The number of rotatable bonds is 6. The lowest BCUT2D eigenvalue weighted by atomic mass is 10.0. The Labute approximate surface area is 176 Å². The second-order valence-corrected chi connectivity index (χ2v) is 7.35. The van der Waals surface area contributed by atoms with E-state index in [0.717, 1.165) is 5.56 Å². The molecule has 0 spiro atoms.